The van der Waals surface area contributed by atoms with Crippen molar-refractivity contribution in [2.75, 3.05) is 13.2 Å². The lowest BCUT2D eigenvalue weighted by atomic mass is 10.2. The summed E-state index contributed by atoms with van der Waals surface area (Å²) < 4.78 is 5.34. The molecule has 0 aliphatic heterocycles. The molecular weight excluding hydrogens is 360 g/mol. The number of hydrogen-bond acceptors (Lipinski definition) is 4. The number of nitrogens with one attached hydrogen (secondary N) is 2. The standard InChI is InChI=1S/C20H28N4O2S/c1-4-22-20(24-14(2)10-18-9-8-15(3)27-18)23-12-16-6-5-7-17(11-16)26-13-19(21)25/h5-9,11,14H,4,10,12-13H2,1-3H3,(H2,21,25)(H2,22,23,24). The first kappa shape index (κ1) is 20.8. The predicted octanol–water partition coefficient (Wildman–Crippen LogP) is 2.61. The highest BCUT2D eigenvalue weighted by Crippen LogP contribution is 2.17. The maximum atomic E-state index is 10.8. The Morgan fingerprint density at radius 2 is 2.15 bits per heavy atom. The first-order chi connectivity index (χ1) is 13.0. The molecule has 1 aromatic heterocycles. The van der Waals surface area contributed by atoms with Gasteiger partial charge in [0.15, 0.2) is 12.6 Å². The van der Waals surface area contributed by atoms with Gasteiger partial charge in [-0.3, -0.25) is 4.79 Å². The molecule has 2 aromatic rings. The summed E-state index contributed by atoms with van der Waals surface area (Å²) in [6.07, 6.45) is 0.958. The molecule has 7 heteroatoms. The minimum atomic E-state index is -0.494. The molecule has 1 amide bonds. The first-order valence-electron chi connectivity index (χ1n) is 9.06. The van der Waals surface area contributed by atoms with Gasteiger partial charge in [-0.15, -0.1) is 11.3 Å². The van der Waals surface area contributed by atoms with Crippen LogP contribution in [0.15, 0.2) is 41.4 Å². The van der Waals surface area contributed by atoms with E-state index in [0.29, 0.717) is 12.3 Å². The van der Waals surface area contributed by atoms with Gasteiger partial charge in [0, 0.05) is 28.8 Å². The summed E-state index contributed by atoms with van der Waals surface area (Å²) in [7, 11) is 0. The Labute approximate surface area is 164 Å². The van der Waals surface area contributed by atoms with Crippen LogP contribution in [0.3, 0.4) is 0 Å². The van der Waals surface area contributed by atoms with Gasteiger partial charge in [-0.05, 0) is 50.6 Å². The van der Waals surface area contributed by atoms with Gasteiger partial charge in [0.2, 0.25) is 0 Å². The van der Waals surface area contributed by atoms with Crippen LogP contribution in [-0.2, 0) is 17.8 Å². The van der Waals surface area contributed by atoms with Crippen LogP contribution in [0, 0.1) is 6.92 Å². The number of nitrogens with zero attached hydrogens (tertiary/aromatic N) is 1. The first-order valence-corrected chi connectivity index (χ1v) is 9.88. The third-order valence-corrected chi connectivity index (χ3v) is 4.75. The quantitative estimate of drug-likeness (QED) is 0.455. The number of carbonyl (C=O) groups excluding carboxylic acids is 1. The molecule has 1 unspecified atom stereocenters. The van der Waals surface area contributed by atoms with Gasteiger partial charge in [-0.2, -0.15) is 0 Å². The van der Waals surface area contributed by atoms with Gasteiger partial charge in [0.25, 0.3) is 5.91 Å². The normalized spacial score (nSPS) is 12.5. The SMILES string of the molecule is CCNC(=NCc1cccc(OCC(N)=O)c1)NC(C)Cc1ccc(C)s1. The van der Waals surface area contributed by atoms with Gasteiger partial charge in [0.1, 0.15) is 5.75 Å². The monoisotopic (exact) mass is 388 g/mol. The Morgan fingerprint density at radius 3 is 2.81 bits per heavy atom. The fourth-order valence-corrected chi connectivity index (χ4v) is 3.58. The van der Waals surface area contributed by atoms with Crippen LogP contribution >= 0.6 is 11.3 Å². The van der Waals surface area contributed by atoms with E-state index in [4.69, 9.17) is 10.5 Å². The van der Waals surface area contributed by atoms with Gasteiger partial charge >= 0.3 is 0 Å². The Kier molecular flexibility index (Phi) is 8.13. The number of nitrogens with two attached hydrogens (primary N) is 1. The van der Waals surface area contributed by atoms with E-state index >= 15 is 0 Å². The highest BCUT2D eigenvalue weighted by molar-refractivity contribution is 7.11. The zero-order valence-electron chi connectivity index (χ0n) is 16.1. The highest BCUT2D eigenvalue weighted by atomic mass is 32.1. The summed E-state index contributed by atoms with van der Waals surface area (Å²) in [5.41, 5.74) is 6.11. The summed E-state index contributed by atoms with van der Waals surface area (Å²) in [6.45, 7) is 7.49. The third-order valence-electron chi connectivity index (χ3n) is 3.73. The molecular formula is C20H28N4O2S. The summed E-state index contributed by atoms with van der Waals surface area (Å²) in [4.78, 5) is 18.2. The second kappa shape index (κ2) is 10.6. The number of carbonyl (C=O) groups is 1. The number of ether oxygens (including phenoxy) is 1. The molecule has 146 valence electrons. The number of benzene rings is 1. The summed E-state index contributed by atoms with van der Waals surface area (Å²) in [6, 6.07) is 12.1. The van der Waals surface area contributed by atoms with Crippen molar-refractivity contribution < 1.29 is 9.53 Å². The number of primary amides is 1. The van der Waals surface area contributed by atoms with Crippen LogP contribution in [0.25, 0.3) is 0 Å². The second-order valence-corrected chi connectivity index (χ2v) is 7.73. The Bertz CT molecular complexity index is 773. The zero-order chi connectivity index (χ0) is 19.6. The van der Waals surface area contributed by atoms with Gasteiger partial charge in [0.05, 0.1) is 6.54 Å². The van der Waals surface area contributed by atoms with E-state index in [9.17, 15) is 4.79 Å². The number of rotatable bonds is 9. The van der Waals surface area contributed by atoms with Crippen molar-refractivity contribution in [1.82, 2.24) is 10.6 Å². The summed E-state index contributed by atoms with van der Waals surface area (Å²) in [5.74, 6) is 0.898. The lowest BCUT2D eigenvalue weighted by Crippen LogP contribution is -2.43. The van der Waals surface area contributed by atoms with E-state index in [-0.39, 0.29) is 12.6 Å². The maximum absolute atomic E-state index is 10.8. The summed E-state index contributed by atoms with van der Waals surface area (Å²) >= 11 is 1.83. The largest absolute Gasteiger partial charge is 0.484 e. The van der Waals surface area contributed by atoms with Crippen molar-refractivity contribution in [3.63, 3.8) is 0 Å². The highest BCUT2D eigenvalue weighted by Gasteiger charge is 2.08. The average Bonchev–Trinajstić information content (AvgIpc) is 3.03. The maximum Gasteiger partial charge on any atom is 0.255 e. The lowest BCUT2D eigenvalue weighted by Gasteiger charge is -2.17. The molecule has 1 heterocycles. The van der Waals surface area contributed by atoms with E-state index in [1.54, 1.807) is 6.07 Å². The van der Waals surface area contributed by atoms with Crippen LogP contribution in [0.5, 0.6) is 5.75 Å². The molecule has 0 fully saturated rings. The zero-order valence-corrected chi connectivity index (χ0v) is 16.9. The van der Waals surface area contributed by atoms with Crippen LogP contribution in [-0.4, -0.2) is 31.1 Å². The fraction of sp³-hybridized carbons (Fsp3) is 0.400. The Balaban J connectivity index is 1.95. The molecule has 27 heavy (non-hydrogen) atoms. The predicted molar refractivity (Wildman–Crippen MR) is 111 cm³/mol. The van der Waals surface area contributed by atoms with Crippen LogP contribution < -0.4 is 21.1 Å². The van der Waals surface area contributed by atoms with Crippen LogP contribution in [0.2, 0.25) is 0 Å². The van der Waals surface area contributed by atoms with Crippen molar-refractivity contribution in [1.29, 1.82) is 0 Å². The number of hydrogen-bond donors (Lipinski definition) is 3. The molecule has 4 N–H and O–H groups in total. The Hall–Kier alpha value is -2.54. The van der Waals surface area contributed by atoms with E-state index < -0.39 is 5.91 Å². The minimum absolute atomic E-state index is 0.128. The van der Waals surface area contributed by atoms with Crippen LogP contribution in [0.1, 0.15) is 29.2 Å². The van der Waals surface area contributed by atoms with Crippen molar-refractivity contribution >= 4 is 23.2 Å². The smallest absolute Gasteiger partial charge is 0.255 e. The summed E-state index contributed by atoms with van der Waals surface area (Å²) in [5, 5.41) is 6.73. The van der Waals surface area contributed by atoms with E-state index in [2.05, 4.69) is 41.6 Å². The van der Waals surface area contributed by atoms with Gasteiger partial charge in [-0.1, -0.05) is 12.1 Å². The Morgan fingerprint density at radius 1 is 1.33 bits per heavy atom. The van der Waals surface area contributed by atoms with E-state index in [0.717, 1.165) is 24.5 Å². The van der Waals surface area contributed by atoms with Gasteiger partial charge < -0.3 is 21.1 Å². The number of aliphatic imine (C=N–C) groups is 1. The molecule has 0 spiro atoms. The molecule has 1 atom stereocenters. The number of amides is 1. The topological polar surface area (TPSA) is 88.7 Å². The number of guanidine groups is 1. The van der Waals surface area contributed by atoms with Crippen LogP contribution in [0.4, 0.5) is 0 Å². The van der Waals surface area contributed by atoms with E-state index in [1.165, 1.54) is 9.75 Å². The molecule has 0 saturated carbocycles. The lowest BCUT2D eigenvalue weighted by molar-refractivity contribution is -0.119. The van der Waals surface area contributed by atoms with Crippen molar-refractivity contribution in [2.45, 2.75) is 39.8 Å². The fourth-order valence-electron chi connectivity index (χ4n) is 2.56. The average molecular weight is 389 g/mol. The minimum Gasteiger partial charge on any atom is -0.484 e. The van der Waals surface area contributed by atoms with Crippen molar-refractivity contribution in [2.24, 2.45) is 10.7 Å². The molecule has 2 rings (SSSR count). The molecule has 6 nitrogen and oxygen atoms in total. The third kappa shape index (κ3) is 7.70. The molecule has 0 radical (unpaired) electrons. The second-order valence-electron chi connectivity index (χ2n) is 6.36. The molecule has 1 aromatic carbocycles. The number of thiophene rings is 1. The molecule has 0 aliphatic carbocycles. The van der Waals surface area contributed by atoms with E-state index in [1.807, 2.05) is 36.5 Å². The molecule has 0 aliphatic rings. The molecule has 0 bridgehead atoms. The van der Waals surface area contributed by atoms with Gasteiger partial charge in [-0.25, -0.2) is 4.99 Å². The molecule has 0 saturated heterocycles. The van der Waals surface area contributed by atoms with Crippen molar-refractivity contribution in [3.05, 3.63) is 51.7 Å². The van der Waals surface area contributed by atoms with Crippen molar-refractivity contribution in [3.8, 4) is 5.75 Å². The number of aryl methyl sites for hydroxylation is 1.